The smallest absolute Gasteiger partial charge is 0.323 e. The largest absolute Gasteiger partial charge is 0.480 e. The van der Waals surface area contributed by atoms with E-state index in [1.165, 1.54) is 0 Å². The van der Waals surface area contributed by atoms with Crippen molar-refractivity contribution in [3.63, 3.8) is 0 Å². The van der Waals surface area contributed by atoms with Crippen LogP contribution in [0.1, 0.15) is 38.5 Å². The topological polar surface area (TPSA) is 182 Å². The number of aliphatic carboxylic acids is 2. The van der Waals surface area contributed by atoms with Gasteiger partial charge in [0, 0.05) is 6.42 Å². The molecule has 0 unspecified atom stereocenters. The van der Waals surface area contributed by atoms with Gasteiger partial charge in [-0.15, -0.1) is 0 Å². The summed E-state index contributed by atoms with van der Waals surface area (Å²) < 4.78 is 0. The van der Waals surface area contributed by atoms with Crippen molar-refractivity contribution in [3.05, 3.63) is 0 Å². The van der Waals surface area contributed by atoms with E-state index in [-0.39, 0.29) is 6.42 Å². The van der Waals surface area contributed by atoms with Gasteiger partial charge >= 0.3 is 11.9 Å². The highest BCUT2D eigenvalue weighted by Gasteiger charge is 2.15. The number of carbonyl (C=O) groups excluding carboxylic acids is 1. The Morgan fingerprint density at radius 3 is 1.73 bits per heavy atom. The van der Waals surface area contributed by atoms with Gasteiger partial charge in [-0.3, -0.25) is 9.59 Å². The maximum absolute atomic E-state index is 10.3. The van der Waals surface area contributed by atoms with Gasteiger partial charge in [-0.05, 0) is 38.6 Å². The molecule has 0 aliphatic heterocycles. The van der Waals surface area contributed by atoms with Crippen LogP contribution < -0.4 is 16.7 Å². The average Bonchev–Trinajstić information content (AvgIpc) is 2.48. The molecule has 0 heterocycles. The van der Waals surface area contributed by atoms with Gasteiger partial charge in [-0.25, -0.2) is 0 Å². The van der Waals surface area contributed by atoms with Crippen LogP contribution in [-0.2, 0) is 14.4 Å². The Balaban J connectivity index is 0. The highest BCUT2D eigenvalue weighted by molar-refractivity contribution is 5.73. The molecule has 0 aromatic carbocycles. The average molecular weight is 323 g/mol. The molecule has 0 aromatic heterocycles. The van der Waals surface area contributed by atoms with Gasteiger partial charge in [-0.1, -0.05) is 0 Å². The van der Waals surface area contributed by atoms with Gasteiger partial charge in [0.05, 0.1) is 0 Å². The molecule has 2 atom stereocenters. The first-order valence-corrected chi connectivity index (χ1v) is 6.83. The molecule has 0 aliphatic carbocycles. The van der Waals surface area contributed by atoms with Crippen molar-refractivity contribution in [3.8, 4) is 0 Å². The maximum atomic E-state index is 10.3. The SMILES string of the molecule is NCCCC[C@H](NO)C(=O)O.O=CCCC[C@H](NO)C(=O)O. The summed E-state index contributed by atoms with van der Waals surface area (Å²) in [5.41, 5.74) is 8.57. The summed E-state index contributed by atoms with van der Waals surface area (Å²) in [4.78, 5) is 30.3. The number of unbranched alkanes of at least 4 members (excludes halogenated alkanes) is 2. The van der Waals surface area contributed by atoms with Gasteiger partial charge in [0.25, 0.3) is 0 Å². The predicted molar refractivity (Wildman–Crippen MR) is 75.5 cm³/mol. The molecule has 0 saturated carbocycles. The lowest BCUT2D eigenvalue weighted by molar-refractivity contribution is -0.143. The van der Waals surface area contributed by atoms with Crippen LogP contribution in [0.3, 0.4) is 0 Å². The van der Waals surface area contributed by atoms with Crippen molar-refractivity contribution < 1.29 is 35.0 Å². The minimum absolute atomic E-state index is 0.255. The summed E-state index contributed by atoms with van der Waals surface area (Å²) in [5, 5.41) is 33.4. The van der Waals surface area contributed by atoms with Crippen molar-refractivity contribution in [1.29, 1.82) is 0 Å². The van der Waals surface area contributed by atoms with Crippen LogP contribution in [0.5, 0.6) is 0 Å². The lowest BCUT2D eigenvalue weighted by Gasteiger charge is -2.08. The number of carboxylic acids is 2. The minimum atomic E-state index is -1.11. The van der Waals surface area contributed by atoms with E-state index in [9.17, 15) is 14.4 Å². The summed E-state index contributed by atoms with van der Waals surface area (Å²) in [7, 11) is 0. The van der Waals surface area contributed by atoms with E-state index in [0.717, 1.165) is 12.7 Å². The van der Waals surface area contributed by atoms with Crippen LogP contribution in [-0.4, -0.2) is 57.5 Å². The fourth-order valence-electron chi connectivity index (χ4n) is 1.38. The molecule has 8 N–H and O–H groups in total. The second-order valence-corrected chi connectivity index (χ2v) is 4.42. The summed E-state index contributed by atoms with van der Waals surface area (Å²) in [5.74, 6) is -2.15. The minimum Gasteiger partial charge on any atom is -0.480 e. The normalized spacial score (nSPS) is 12.7. The highest BCUT2D eigenvalue weighted by Crippen LogP contribution is 1.99. The molecule has 0 spiro atoms. The molecule has 0 rings (SSSR count). The van der Waals surface area contributed by atoms with Crippen molar-refractivity contribution in [2.45, 2.75) is 50.6 Å². The molecule has 0 bridgehead atoms. The molecule has 0 radical (unpaired) electrons. The first kappa shape index (κ1) is 22.7. The van der Waals surface area contributed by atoms with Crippen LogP contribution >= 0.6 is 0 Å². The zero-order chi connectivity index (χ0) is 17.4. The van der Waals surface area contributed by atoms with Crippen LogP contribution in [0.4, 0.5) is 0 Å². The summed E-state index contributed by atoms with van der Waals surface area (Å²) in [6.07, 6.45) is 3.66. The van der Waals surface area contributed by atoms with Gasteiger partial charge in [-0.2, -0.15) is 11.0 Å². The first-order chi connectivity index (χ1) is 10.4. The van der Waals surface area contributed by atoms with Gasteiger partial charge in [0.2, 0.25) is 0 Å². The molecule has 0 saturated heterocycles. The van der Waals surface area contributed by atoms with E-state index in [2.05, 4.69) is 0 Å². The number of carboxylic acid groups (broad SMARTS) is 2. The molecule has 10 heteroatoms. The van der Waals surface area contributed by atoms with E-state index in [1.54, 1.807) is 11.0 Å². The summed E-state index contributed by atoms with van der Waals surface area (Å²) in [6.45, 7) is 0.553. The van der Waals surface area contributed by atoms with Gasteiger partial charge in [0.15, 0.2) is 0 Å². The quantitative estimate of drug-likeness (QED) is 0.138. The number of nitrogens with two attached hydrogens (primary N) is 1. The van der Waals surface area contributed by atoms with Gasteiger partial charge < -0.3 is 31.2 Å². The zero-order valence-electron chi connectivity index (χ0n) is 12.3. The van der Waals surface area contributed by atoms with Crippen molar-refractivity contribution in [1.82, 2.24) is 11.0 Å². The van der Waals surface area contributed by atoms with E-state index in [0.29, 0.717) is 32.2 Å². The molecule has 130 valence electrons. The van der Waals surface area contributed by atoms with Crippen LogP contribution in [0.25, 0.3) is 0 Å². The molecule has 0 fully saturated rings. The molecular weight excluding hydrogens is 298 g/mol. The molecular formula is C12H25N3O7. The van der Waals surface area contributed by atoms with Crippen molar-refractivity contribution in [2.24, 2.45) is 5.73 Å². The number of nitrogens with one attached hydrogen (secondary N) is 2. The second kappa shape index (κ2) is 15.8. The Hall–Kier alpha value is -1.59. The van der Waals surface area contributed by atoms with E-state index in [4.69, 9.17) is 26.4 Å². The predicted octanol–water partition coefficient (Wildman–Crippen LogP) is -0.665. The Labute approximate surface area is 128 Å². The lowest BCUT2D eigenvalue weighted by Crippen LogP contribution is -2.34. The lowest BCUT2D eigenvalue weighted by atomic mass is 10.1. The van der Waals surface area contributed by atoms with E-state index in [1.807, 2.05) is 0 Å². The molecule has 0 amide bonds. The number of aldehydes is 1. The Bertz CT molecular complexity index is 315. The zero-order valence-corrected chi connectivity index (χ0v) is 12.3. The van der Waals surface area contributed by atoms with Crippen LogP contribution in [0.15, 0.2) is 0 Å². The fraction of sp³-hybridized carbons (Fsp3) is 0.750. The van der Waals surface area contributed by atoms with Crippen LogP contribution in [0.2, 0.25) is 0 Å². The van der Waals surface area contributed by atoms with Crippen LogP contribution in [0, 0.1) is 0 Å². The van der Waals surface area contributed by atoms with Crippen molar-refractivity contribution in [2.75, 3.05) is 6.54 Å². The Morgan fingerprint density at radius 1 is 0.955 bits per heavy atom. The molecule has 0 aliphatic rings. The number of hydrogen-bond acceptors (Lipinski definition) is 8. The molecule has 10 nitrogen and oxygen atoms in total. The third-order valence-electron chi connectivity index (χ3n) is 2.67. The maximum Gasteiger partial charge on any atom is 0.323 e. The monoisotopic (exact) mass is 323 g/mol. The highest BCUT2D eigenvalue weighted by atomic mass is 16.5. The second-order valence-electron chi connectivity index (χ2n) is 4.42. The Kier molecular flexibility index (Phi) is 16.3. The molecule has 22 heavy (non-hydrogen) atoms. The number of rotatable bonds is 12. The van der Waals surface area contributed by atoms with Gasteiger partial charge in [0.1, 0.15) is 18.4 Å². The fourth-order valence-corrected chi connectivity index (χ4v) is 1.38. The van der Waals surface area contributed by atoms with E-state index < -0.39 is 24.0 Å². The third-order valence-corrected chi connectivity index (χ3v) is 2.67. The van der Waals surface area contributed by atoms with E-state index >= 15 is 0 Å². The molecule has 0 aromatic rings. The summed E-state index contributed by atoms with van der Waals surface area (Å²) in [6, 6.07) is -1.82. The number of hydroxylamine groups is 2. The number of carbonyl (C=O) groups is 3. The third kappa shape index (κ3) is 13.4. The van der Waals surface area contributed by atoms with Crippen molar-refractivity contribution >= 4 is 18.2 Å². The Morgan fingerprint density at radius 2 is 1.41 bits per heavy atom. The number of hydrogen-bond donors (Lipinski definition) is 7. The summed E-state index contributed by atoms with van der Waals surface area (Å²) >= 11 is 0. The first-order valence-electron chi connectivity index (χ1n) is 6.83. The standard InChI is InChI=1S/C6H14N2O3.C6H11NO4/c7-4-2-1-3-5(8-11)6(9)10;8-4-2-1-3-5(7-11)6(9)10/h5,8,11H,1-4,7H2,(H,9,10);4-5,7,11H,1-3H2,(H,9,10)/t2*5-/m00/s1.